The second-order valence-electron chi connectivity index (χ2n) is 6.03. The van der Waals surface area contributed by atoms with Gasteiger partial charge >= 0.3 is 5.69 Å². The van der Waals surface area contributed by atoms with Gasteiger partial charge in [0.2, 0.25) is 5.95 Å². The van der Waals surface area contributed by atoms with Gasteiger partial charge in [-0.05, 0) is 13.8 Å². The average Bonchev–Trinajstić information content (AvgIpc) is 3.00. The summed E-state index contributed by atoms with van der Waals surface area (Å²) in [6, 6.07) is -0.138. The van der Waals surface area contributed by atoms with E-state index in [2.05, 4.69) is 16.7 Å². The number of aromatic nitrogens is 4. The fourth-order valence-electron chi connectivity index (χ4n) is 3.00. The van der Waals surface area contributed by atoms with Gasteiger partial charge in [-0.1, -0.05) is 6.08 Å². The van der Waals surface area contributed by atoms with E-state index in [1.165, 1.54) is 10.6 Å². The molecule has 2 aromatic rings. The molecule has 1 aliphatic rings. The molecule has 0 bridgehead atoms. The number of nitrogens with zero attached hydrogens (tertiary/aromatic N) is 6. The van der Waals surface area contributed by atoms with Crippen LogP contribution < -0.4 is 16.3 Å². The summed E-state index contributed by atoms with van der Waals surface area (Å²) in [6.45, 7) is 8.60. The van der Waals surface area contributed by atoms with Crippen LogP contribution in [0.1, 0.15) is 19.9 Å². The molecule has 0 saturated heterocycles. The summed E-state index contributed by atoms with van der Waals surface area (Å²) >= 11 is 0. The molecule has 9 heteroatoms. The average molecular weight is 346 g/mol. The van der Waals surface area contributed by atoms with Gasteiger partial charge in [-0.15, -0.1) is 6.58 Å². The first kappa shape index (κ1) is 17.2. The van der Waals surface area contributed by atoms with Gasteiger partial charge < -0.3 is 4.74 Å². The van der Waals surface area contributed by atoms with E-state index in [-0.39, 0.29) is 18.1 Å². The zero-order valence-electron chi connectivity index (χ0n) is 14.9. The maximum absolute atomic E-state index is 13.0. The molecule has 9 nitrogen and oxygen atoms in total. The van der Waals surface area contributed by atoms with E-state index in [1.54, 1.807) is 19.2 Å². The van der Waals surface area contributed by atoms with Gasteiger partial charge in [0, 0.05) is 20.7 Å². The first-order chi connectivity index (χ1) is 11.9. The van der Waals surface area contributed by atoms with Gasteiger partial charge in [0.05, 0.1) is 24.9 Å². The second kappa shape index (κ2) is 6.32. The molecule has 0 aliphatic carbocycles. The van der Waals surface area contributed by atoms with Crippen LogP contribution in [0.5, 0.6) is 0 Å². The Labute approximate surface area is 144 Å². The van der Waals surface area contributed by atoms with E-state index in [0.717, 1.165) is 10.3 Å². The lowest BCUT2D eigenvalue weighted by molar-refractivity contribution is 0.204. The number of imidazole rings is 1. The highest BCUT2D eigenvalue weighted by molar-refractivity contribution is 5.91. The summed E-state index contributed by atoms with van der Waals surface area (Å²) < 4.78 is 9.53. The number of allylic oxidation sites excluding steroid dienone is 1. The molecular weight excluding hydrogens is 324 g/mol. The predicted molar refractivity (Wildman–Crippen MR) is 96.5 cm³/mol. The molecular formula is C16H22N6O3. The highest BCUT2D eigenvalue weighted by Crippen LogP contribution is 2.29. The van der Waals surface area contributed by atoms with E-state index in [9.17, 15) is 9.59 Å². The molecule has 0 fully saturated rings. The molecule has 3 rings (SSSR count). The van der Waals surface area contributed by atoms with Crippen molar-refractivity contribution in [1.29, 1.82) is 0 Å². The van der Waals surface area contributed by atoms with E-state index in [1.807, 2.05) is 18.4 Å². The molecule has 0 radical (unpaired) electrons. The Balaban J connectivity index is 2.35. The van der Waals surface area contributed by atoms with E-state index >= 15 is 0 Å². The van der Waals surface area contributed by atoms with Crippen LogP contribution in [-0.4, -0.2) is 44.7 Å². The molecule has 134 valence electrons. The van der Waals surface area contributed by atoms with Crippen molar-refractivity contribution in [2.45, 2.75) is 26.4 Å². The van der Waals surface area contributed by atoms with Crippen molar-refractivity contribution >= 4 is 22.8 Å². The quantitative estimate of drug-likeness (QED) is 0.735. The molecule has 25 heavy (non-hydrogen) atoms. The number of hydrazone groups is 1. The Morgan fingerprint density at radius 2 is 2.08 bits per heavy atom. The minimum Gasteiger partial charge on any atom is -0.383 e. The van der Waals surface area contributed by atoms with Crippen LogP contribution in [-0.2, 0) is 18.3 Å². The van der Waals surface area contributed by atoms with Crippen LogP contribution in [0.15, 0.2) is 27.3 Å². The van der Waals surface area contributed by atoms with Gasteiger partial charge in [0.25, 0.3) is 5.56 Å². The van der Waals surface area contributed by atoms with Crippen LogP contribution in [0.3, 0.4) is 0 Å². The number of methoxy groups -OCH3 is 1. The Hall–Kier alpha value is -2.68. The first-order valence-electron chi connectivity index (χ1n) is 8.06. The standard InChI is InChI=1S/C16H22N6O3/c1-6-7-20-14(23)12-13(19(4)16(20)24)17-15-21(8-9-25-5)18-10(2)11(3)22(12)15/h6,11H,1,7-9H2,2-5H3. The van der Waals surface area contributed by atoms with Gasteiger partial charge in [0.15, 0.2) is 11.2 Å². The third-order valence-corrected chi connectivity index (χ3v) is 4.48. The Morgan fingerprint density at radius 3 is 2.72 bits per heavy atom. The topological polar surface area (TPSA) is 86.7 Å². The van der Waals surface area contributed by atoms with Gasteiger partial charge in [-0.25, -0.2) is 9.80 Å². The first-order valence-corrected chi connectivity index (χ1v) is 8.06. The van der Waals surface area contributed by atoms with Gasteiger partial charge in [-0.2, -0.15) is 10.1 Å². The molecule has 2 aromatic heterocycles. The minimum atomic E-state index is -0.415. The lowest BCUT2D eigenvalue weighted by Crippen LogP contribution is -2.40. The minimum absolute atomic E-state index is 0.138. The number of hydrogen-bond donors (Lipinski definition) is 0. The molecule has 0 saturated carbocycles. The molecule has 3 heterocycles. The normalized spacial score (nSPS) is 16.9. The smallest absolute Gasteiger partial charge is 0.332 e. The van der Waals surface area contributed by atoms with Crippen molar-refractivity contribution in [3.8, 4) is 0 Å². The predicted octanol–water partition coefficient (Wildman–Crippen LogP) is 0.486. The maximum atomic E-state index is 13.0. The Kier molecular flexibility index (Phi) is 4.34. The SMILES string of the molecule is C=CCn1c(=O)c2c(nc3n2C(C)C(C)=NN3CCOC)n(C)c1=O. The summed E-state index contributed by atoms with van der Waals surface area (Å²) in [5.74, 6) is 0.536. The van der Waals surface area contributed by atoms with Crippen molar-refractivity contribution < 1.29 is 4.74 Å². The van der Waals surface area contributed by atoms with Crippen molar-refractivity contribution in [2.24, 2.45) is 12.1 Å². The number of ether oxygens (including phenoxy) is 1. The fraction of sp³-hybridized carbons (Fsp3) is 0.500. The van der Waals surface area contributed by atoms with E-state index in [4.69, 9.17) is 4.74 Å². The van der Waals surface area contributed by atoms with Crippen molar-refractivity contribution in [1.82, 2.24) is 18.7 Å². The number of rotatable bonds is 5. The summed E-state index contributed by atoms with van der Waals surface area (Å²) in [5, 5.41) is 6.26. The molecule has 0 spiro atoms. The summed E-state index contributed by atoms with van der Waals surface area (Å²) in [6.07, 6.45) is 1.53. The second-order valence-corrected chi connectivity index (χ2v) is 6.03. The molecule has 1 aliphatic heterocycles. The lowest BCUT2D eigenvalue weighted by Gasteiger charge is -2.28. The third kappa shape index (κ3) is 2.51. The van der Waals surface area contributed by atoms with Crippen molar-refractivity contribution in [3.63, 3.8) is 0 Å². The molecule has 1 unspecified atom stereocenters. The molecule has 0 amide bonds. The van der Waals surface area contributed by atoms with E-state index < -0.39 is 5.69 Å². The largest absolute Gasteiger partial charge is 0.383 e. The van der Waals surface area contributed by atoms with Crippen molar-refractivity contribution in [3.05, 3.63) is 33.5 Å². The number of fused-ring (bicyclic) bond motifs is 3. The van der Waals surface area contributed by atoms with Gasteiger partial charge in [-0.3, -0.25) is 18.5 Å². The molecule has 0 aromatic carbocycles. The van der Waals surface area contributed by atoms with E-state index in [0.29, 0.717) is 30.3 Å². The Morgan fingerprint density at radius 1 is 1.36 bits per heavy atom. The number of anilines is 1. The van der Waals surface area contributed by atoms with Gasteiger partial charge in [0.1, 0.15) is 0 Å². The fourth-order valence-corrected chi connectivity index (χ4v) is 3.00. The lowest BCUT2D eigenvalue weighted by atomic mass is 10.2. The summed E-state index contributed by atoms with van der Waals surface area (Å²) in [5.41, 5.74) is 0.811. The third-order valence-electron chi connectivity index (χ3n) is 4.48. The number of hydrogen-bond acceptors (Lipinski definition) is 6. The highest BCUT2D eigenvalue weighted by atomic mass is 16.5. The summed E-state index contributed by atoms with van der Waals surface area (Å²) in [7, 11) is 3.23. The van der Waals surface area contributed by atoms with Crippen LogP contribution in [0.4, 0.5) is 5.95 Å². The monoisotopic (exact) mass is 346 g/mol. The number of aryl methyl sites for hydroxylation is 1. The zero-order valence-corrected chi connectivity index (χ0v) is 14.9. The van der Waals surface area contributed by atoms with Crippen LogP contribution in [0, 0.1) is 0 Å². The highest BCUT2D eigenvalue weighted by Gasteiger charge is 2.30. The zero-order chi connectivity index (χ0) is 18.3. The molecule has 0 N–H and O–H groups in total. The maximum Gasteiger partial charge on any atom is 0.332 e. The van der Waals surface area contributed by atoms with Crippen LogP contribution in [0.2, 0.25) is 0 Å². The van der Waals surface area contributed by atoms with Crippen LogP contribution >= 0.6 is 0 Å². The van der Waals surface area contributed by atoms with Crippen LogP contribution in [0.25, 0.3) is 11.2 Å². The Bertz CT molecular complexity index is 980. The van der Waals surface area contributed by atoms with Crippen molar-refractivity contribution in [2.75, 3.05) is 25.3 Å². The molecule has 1 atom stereocenters. The summed E-state index contributed by atoms with van der Waals surface area (Å²) in [4.78, 5) is 30.0.